The van der Waals surface area contributed by atoms with Gasteiger partial charge in [-0.3, -0.25) is 0 Å². The summed E-state index contributed by atoms with van der Waals surface area (Å²) in [6.07, 6.45) is 5.74. The molecule has 0 atom stereocenters. The van der Waals surface area contributed by atoms with Crippen LogP contribution in [0.25, 0.3) is 0 Å². The van der Waals surface area contributed by atoms with Gasteiger partial charge in [-0.05, 0) is 75.7 Å². The summed E-state index contributed by atoms with van der Waals surface area (Å²) in [4.78, 5) is 0. The number of benzene rings is 1. The minimum absolute atomic E-state index is 0.250. The normalized spacial score (nSPS) is 30.3. The van der Waals surface area contributed by atoms with E-state index in [2.05, 4.69) is 38.1 Å². The minimum Gasteiger partial charge on any atom is -0.317 e. The van der Waals surface area contributed by atoms with Crippen LogP contribution in [0.1, 0.15) is 75.8 Å². The van der Waals surface area contributed by atoms with E-state index in [9.17, 15) is 8.78 Å². The first-order chi connectivity index (χ1) is 12.4. The number of halogens is 2. The van der Waals surface area contributed by atoms with Crippen molar-refractivity contribution < 1.29 is 13.5 Å². The van der Waals surface area contributed by atoms with Crippen molar-refractivity contribution in [2.75, 3.05) is 0 Å². The zero-order valence-electron chi connectivity index (χ0n) is 16.4. The summed E-state index contributed by atoms with van der Waals surface area (Å²) in [7, 11) is 0. The molecule has 2 aliphatic carbocycles. The van der Waals surface area contributed by atoms with E-state index < -0.39 is 12.0 Å². The SMILES string of the molecule is Cc1ccc(CCC2CCC(OC(F)(F)C3CCC(C)CC3)CC2)cc1. The fourth-order valence-electron chi connectivity index (χ4n) is 4.58. The van der Waals surface area contributed by atoms with E-state index in [0.29, 0.717) is 24.7 Å². The minimum atomic E-state index is -2.93. The van der Waals surface area contributed by atoms with E-state index in [-0.39, 0.29) is 6.10 Å². The number of aryl methyl sites for hydroxylation is 2. The van der Waals surface area contributed by atoms with Crippen molar-refractivity contribution in [3.63, 3.8) is 0 Å². The molecule has 3 heteroatoms. The summed E-state index contributed by atoms with van der Waals surface area (Å²) < 4.78 is 34.3. The van der Waals surface area contributed by atoms with E-state index in [4.69, 9.17) is 4.74 Å². The zero-order valence-corrected chi connectivity index (χ0v) is 16.4. The fraction of sp³-hybridized carbons (Fsp3) is 0.739. The molecule has 2 aliphatic rings. The second-order valence-corrected chi connectivity index (χ2v) is 8.80. The summed E-state index contributed by atoms with van der Waals surface area (Å²) in [5, 5.41) is 0. The van der Waals surface area contributed by atoms with Gasteiger partial charge in [-0.15, -0.1) is 0 Å². The molecule has 0 aliphatic heterocycles. The molecule has 1 nitrogen and oxygen atoms in total. The lowest BCUT2D eigenvalue weighted by Crippen LogP contribution is -2.38. The Balaban J connectivity index is 1.39. The predicted molar refractivity (Wildman–Crippen MR) is 102 cm³/mol. The molecular weight excluding hydrogens is 330 g/mol. The second kappa shape index (κ2) is 8.82. The van der Waals surface area contributed by atoms with Crippen LogP contribution in [-0.4, -0.2) is 12.2 Å². The van der Waals surface area contributed by atoms with Crippen LogP contribution in [0.4, 0.5) is 8.78 Å². The summed E-state index contributed by atoms with van der Waals surface area (Å²) in [6.45, 7) is 4.27. The van der Waals surface area contributed by atoms with Crippen molar-refractivity contribution in [2.45, 2.75) is 90.3 Å². The van der Waals surface area contributed by atoms with Gasteiger partial charge in [-0.1, -0.05) is 49.6 Å². The Morgan fingerprint density at radius 1 is 0.923 bits per heavy atom. The van der Waals surface area contributed by atoms with E-state index in [0.717, 1.165) is 51.4 Å². The van der Waals surface area contributed by atoms with Gasteiger partial charge in [0.25, 0.3) is 0 Å². The Morgan fingerprint density at radius 3 is 2.15 bits per heavy atom. The van der Waals surface area contributed by atoms with Crippen LogP contribution in [0, 0.1) is 24.7 Å². The molecule has 0 saturated heterocycles. The topological polar surface area (TPSA) is 9.23 Å². The monoisotopic (exact) mass is 364 g/mol. The lowest BCUT2D eigenvalue weighted by atomic mass is 9.81. The maximum atomic E-state index is 14.5. The van der Waals surface area contributed by atoms with E-state index in [1.54, 1.807) is 0 Å². The molecule has 0 unspecified atom stereocenters. The summed E-state index contributed by atoms with van der Waals surface area (Å²) in [6, 6.07) is 8.73. The van der Waals surface area contributed by atoms with Gasteiger partial charge < -0.3 is 4.74 Å². The van der Waals surface area contributed by atoms with E-state index in [1.807, 2.05) is 0 Å². The van der Waals surface area contributed by atoms with Gasteiger partial charge in [0.15, 0.2) is 0 Å². The highest BCUT2D eigenvalue weighted by molar-refractivity contribution is 5.21. The molecular formula is C23H34F2O. The highest BCUT2D eigenvalue weighted by Gasteiger charge is 2.44. The average Bonchev–Trinajstić information content (AvgIpc) is 2.62. The van der Waals surface area contributed by atoms with Crippen molar-refractivity contribution >= 4 is 0 Å². The highest BCUT2D eigenvalue weighted by Crippen LogP contribution is 2.42. The Bertz CT molecular complexity index is 538. The number of alkyl halides is 2. The Kier molecular flexibility index (Phi) is 6.71. The van der Waals surface area contributed by atoms with Crippen LogP contribution in [0.15, 0.2) is 24.3 Å². The Hall–Kier alpha value is -0.960. The van der Waals surface area contributed by atoms with E-state index >= 15 is 0 Å². The van der Waals surface area contributed by atoms with Crippen LogP contribution in [0.2, 0.25) is 0 Å². The molecule has 0 N–H and O–H groups in total. The molecule has 0 bridgehead atoms. The molecule has 0 aromatic heterocycles. The molecule has 0 heterocycles. The number of hydrogen-bond acceptors (Lipinski definition) is 1. The molecule has 2 fully saturated rings. The van der Waals surface area contributed by atoms with Crippen LogP contribution in [0.3, 0.4) is 0 Å². The lowest BCUT2D eigenvalue weighted by Gasteiger charge is -2.36. The van der Waals surface area contributed by atoms with Crippen molar-refractivity contribution in [3.05, 3.63) is 35.4 Å². The second-order valence-electron chi connectivity index (χ2n) is 8.80. The molecule has 2 saturated carbocycles. The molecule has 146 valence electrons. The molecule has 0 spiro atoms. The number of hydrogen-bond donors (Lipinski definition) is 0. The van der Waals surface area contributed by atoms with Crippen molar-refractivity contribution in [1.29, 1.82) is 0 Å². The van der Waals surface area contributed by atoms with Crippen molar-refractivity contribution in [1.82, 2.24) is 0 Å². The predicted octanol–water partition coefficient (Wildman–Crippen LogP) is 6.92. The van der Waals surface area contributed by atoms with Crippen molar-refractivity contribution in [2.24, 2.45) is 17.8 Å². The van der Waals surface area contributed by atoms with Crippen LogP contribution in [0.5, 0.6) is 0 Å². The smallest absolute Gasteiger partial charge is 0.317 e. The van der Waals surface area contributed by atoms with Gasteiger partial charge in [0.05, 0.1) is 12.0 Å². The summed E-state index contributed by atoms with van der Waals surface area (Å²) in [5.74, 6) is 0.671. The maximum absolute atomic E-state index is 14.5. The Labute approximate surface area is 157 Å². The molecule has 0 radical (unpaired) electrons. The lowest BCUT2D eigenvalue weighted by molar-refractivity contribution is -0.301. The van der Waals surface area contributed by atoms with Gasteiger partial charge in [0.1, 0.15) is 0 Å². The molecule has 26 heavy (non-hydrogen) atoms. The standard InChI is InChI=1S/C23H34F2O/c1-17-3-7-19(8-4-17)9-10-20-11-15-22(16-12-20)26-23(24,25)21-13-5-18(2)6-14-21/h3-4,7-8,18,20-22H,5-6,9-16H2,1-2H3. The van der Waals surface area contributed by atoms with Crippen LogP contribution >= 0.6 is 0 Å². The molecule has 0 amide bonds. The Morgan fingerprint density at radius 2 is 1.54 bits per heavy atom. The van der Waals surface area contributed by atoms with Gasteiger partial charge >= 0.3 is 6.11 Å². The zero-order chi connectivity index (χ0) is 18.6. The summed E-state index contributed by atoms with van der Waals surface area (Å²) in [5.41, 5.74) is 2.67. The molecule has 1 aromatic rings. The third-order valence-corrected chi connectivity index (χ3v) is 6.57. The third kappa shape index (κ3) is 5.52. The van der Waals surface area contributed by atoms with Gasteiger partial charge in [0, 0.05) is 0 Å². The number of ether oxygens (including phenoxy) is 1. The first-order valence-corrected chi connectivity index (χ1v) is 10.5. The first-order valence-electron chi connectivity index (χ1n) is 10.5. The third-order valence-electron chi connectivity index (χ3n) is 6.57. The van der Waals surface area contributed by atoms with E-state index in [1.165, 1.54) is 11.1 Å². The highest BCUT2D eigenvalue weighted by atomic mass is 19.3. The molecule has 1 aromatic carbocycles. The number of rotatable bonds is 6. The largest absolute Gasteiger partial charge is 0.358 e. The fourth-order valence-corrected chi connectivity index (χ4v) is 4.58. The summed E-state index contributed by atoms with van der Waals surface area (Å²) >= 11 is 0. The van der Waals surface area contributed by atoms with Gasteiger partial charge in [0.2, 0.25) is 0 Å². The molecule has 3 rings (SSSR count). The maximum Gasteiger partial charge on any atom is 0.358 e. The van der Waals surface area contributed by atoms with Crippen LogP contribution < -0.4 is 0 Å². The first kappa shape index (κ1) is 19.8. The quantitative estimate of drug-likeness (QED) is 0.532. The van der Waals surface area contributed by atoms with Crippen LogP contribution in [-0.2, 0) is 11.2 Å². The van der Waals surface area contributed by atoms with Gasteiger partial charge in [-0.2, -0.15) is 8.78 Å². The van der Waals surface area contributed by atoms with Gasteiger partial charge in [-0.25, -0.2) is 0 Å². The van der Waals surface area contributed by atoms with Crippen molar-refractivity contribution in [3.8, 4) is 0 Å². The average molecular weight is 365 g/mol.